The number of carbonyl (C=O) groups is 2. The van der Waals surface area contributed by atoms with Gasteiger partial charge in [0.2, 0.25) is 0 Å². The highest BCUT2D eigenvalue weighted by molar-refractivity contribution is 7.19. The number of fused-ring (bicyclic) bond motifs is 1. The Bertz CT molecular complexity index is 1180. The Morgan fingerprint density at radius 2 is 1.83 bits per heavy atom. The van der Waals surface area contributed by atoms with Crippen LogP contribution < -0.4 is 10.2 Å². The van der Waals surface area contributed by atoms with Gasteiger partial charge in [0.15, 0.2) is 0 Å². The SMILES string of the molecule is Cc1c(CC(C)NC(=O)OC(C)(C)C)sc2c(N(Cc3cccs3)C(=O)OC(C)(C)C)cnnc12. The second kappa shape index (κ2) is 10.5. The molecule has 3 aromatic rings. The Kier molecular flexibility index (Phi) is 8.06. The lowest BCUT2D eigenvalue weighted by Crippen LogP contribution is -2.38. The summed E-state index contributed by atoms with van der Waals surface area (Å²) in [4.78, 5) is 29.1. The van der Waals surface area contributed by atoms with Crippen molar-refractivity contribution in [1.29, 1.82) is 0 Å². The molecule has 8 nitrogen and oxygen atoms in total. The van der Waals surface area contributed by atoms with E-state index in [4.69, 9.17) is 9.47 Å². The molecule has 0 saturated carbocycles. The van der Waals surface area contributed by atoms with Crippen LogP contribution in [0.1, 0.15) is 63.8 Å². The Balaban J connectivity index is 1.92. The summed E-state index contributed by atoms with van der Waals surface area (Å²) in [5.74, 6) is 0. The van der Waals surface area contributed by atoms with Crippen molar-refractivity contribution < 1.29 is 19.1 Å². The number of thiophene rings is 2. The van der Waals surface area contributed by atoms with Gasteiger partial charge < -0.3 is 14.8 Å². The topological polar surface area (TPSA) is 93.7 Å². The van der Waals surface area contributed by atoms with E-state index in [-0.39, 0.29) is 6.04 Å². The Morgan fingerprint density at radius 3 is 2.43 bits per heavy atom. The highest BCUT2D eigenvalue weighted by Gasteiger charge is 2.28. The highest BCUT2D eigenvalue weighted by Crippen LogP contribution is 2.37. The second-order valence-corrected chi connectivity index (χ2v) is 12.6. The lowest BCUT2D eigenvalue weighted by Gasteiger charge is -2.27. The number of anilines is 1. The van der Waals surface area contributed by atoms with Gasteiger partial charge in [0.05, 0.1) is 23.1 Å². The van der Waals surface area contributed by atoms with Crippen molar-refractivity contribution in [2.75, 3.05) is 4.90 Å². The molecule has 0 aliphatic heterocycles. The average molecular weight is 519 g/mol. The Labute approximate surface area is 214 Å². The molecule has 3 heterocycles. The smallest absolute Gasteiger partial charge is 0.415 e. The van der Waals surface area contributed by atoms with Crippen molar-refractivity contribution in [1.82, 2.24) is 15.5 Å². The zero-order valence-corrected chi connectivity index (χ0v) is 23.2. The molecule has 0 aromatic carbocycles. The summed E-state index contributed by atoms with van der Waals surface area (Å²) in [5.41, 5.74) is 1.19. The summed E-state index contributed by atoms with van der Waals surface area (Å²) in [7, 11) is 0. The summed E-state index contributed by atoms with van der Waals surface area (Å²) in [6, 6.07) is 3.80. The molecule has 1 N–H and O–H groups in total. The maximum absolute atomic E-state index is 13.2. The van der Waals surface area contributed by atoms with Gasteiger partial charge in [-0.3, -0.25) is 4.90 Å². The summed E-state index contributed by atoms with van der Waals surface area (Å²) >= 11 is 3.13. The van der Waals surface area contributed by atoms with Crippen LogP contribution in [-0.4, -0.2) is 39.6 Å². The summed E-state index contributed by atoms with van der Waals surface area (Å²) in [5, 5.41) is 13.4. The average Bonchev–Trinajstić information content (AvgIpc) is 3.31. The first-order valence-electron chi connectivity index (χ1n) is 11.5. The van der Waals surface area contributed by atoms with E-state index in [0.717, 1.165) is 25.5 Å². The van der Waals surface area contributed by atoms with Crippen LogP contribution in [-0.2, 0) is 22.4 Å². The lowest BCUT2D eigenvalue weighted by molar-refractivity contribution is 0.0507. The molecule has 35 heavy (non-hydrogen) atoms. The molecule has 190 valence electrons. The van der Waals surface area contributed by atoms with E-state index >= 15 is 0 Å². The summed E-state index contributed by atoms with van der Waals surface area (Å²) < 4.78 is 12.0. The Hall–Kier alpha value is -2.72. The van der Waals surface area contributed by atoms with Crippen molar-refractivity contribution in [3.8, 4) is 0 Å². The fourth-order valence-corrected chi connectivity index (χ4v) is 5.47. The van der Waals surface area contributed by atoms with Crippen molar-refractivity contribution in [3.63, 3.8) is 0 Å². The van der Waals surface area contributed by atoms with Gasteiger partial charge in [-0.1, -0.05) is 6.07 Å². The van der Waals surface area contributed by atoms with Gasteiger partial charge >= 0.3 is 12.2 Å². The van der Waals surface area contributed by atoms with Crippen molar-refractivity contribution in [2.45, 2.75) is 85.6 Å². The third kappa shape index (κ3) is 7.38. The number of ether oxygens (including phenoxy) is 2. The van der Waals surface area contributed by atoms with E-state index in [1.807, 2.05) is 72.9 Å². The van der Waals surface area contributed by atoms with Gasteiger partial charge in [-0.25, -0.2) is 9.59 Å². The lowest BCUT2D eigenvalue weighted by atomic mass is 10.1. The highest BCUT2D eigenvalue weighted by atomic mass is 32.1. The third-order valence-corrected chi connectivity index (χ3v) is 7.02. The van der Waals surface area contributed by atoms with Gasteiger partial charge in [-0.15, -0.1) is 27.8 Å². The number of carbonyl (C=O) groups excluding carboxylic acids is 2. The molecule has 3 aromatic heterocycles. The molecule has 0 spiro atoms. The molecule has 2 amide bonds. The summed E-state index contributed by atoms with van der Waals surface area (Å²) in [6.07, 6.45) is 1.33. The minimum atomic E-state index is -0.635. The predicted molar refractivity (Wildman–Crippen MR) is 141 cm³/mol. The molecule has 0 aliphatic rings. The quantitative estimate of drug-likeness (QED) is 0.403. The van der Waals surface area contributed by atoms with E-state index < -0.39 is 23.4 Å². The van der Waals surface area contributed by atoms with Crippen LogP contribution >= 0.6 is 22.7 Å². The van der Waals surface area contributed by atoms with Gasteiger partial charge in [-0.05, 0) is 72.4 Å². The molecular formula is C25H34N4O4S2. The maximum Gasteiger partial charge on any atom is 0.415 e. The van der Waals surface area contributed by atoms with Gasteiger partial charge in [-0.2, -0.15) is 5.10 Å². The summed E-state index contributed by atoms with van der Waals surface area (Å²) in [6.45, 7) is 15.3. The number of amides is 2. The Morgan fingerprint density at radius 1 is 1.14 bits per heavy atom. The van der Waals surface area contributed by atoms with Gasteiger partial charge in [0, 0.05) is 22.2 Å². The molecule has 0 radical (unpaired) electrons. The van der Waals surface area contributed by atoms with Crippen molar-refractivity contribution in [3.05, 3.63) is 39.0 Å². The maximum atomic E-state index is 13.2. The number of rotatable bonds is 6. The molecule has 10 heteroatoms. The predicted octanol–water partition coefficient (Wildman–Crippen LogP) is 6.46. The number of hydrogen-bond acceptors (Lipinski definition) is 8. The van der Waals surface area contributed by atoms with E-state index in [2.05, 4.69) is 15.5 Å². The van der Waals surface area contributed by atoms with Crippen LogP contribution in [0.3, 0.4) is 0 Å². The van der Waals surface area contributed by atoms with E-state index in [9.17, 15) is 9.59 Å². The monoisotopic (exact) mass is 518 g/mol. The normalized spacial score (nSPS) is 12.9. The number of aromatic nitrogens is 2. The number of aryl methyl sites for hydroxylation is 1. The zero-order chi connectivity index (χ0) is 26.0. The fourth-order valence-electron chi connectivity index (χ4n) is 3.39. The standard InChI is InChI=1S/C25H34N4O4S2/c1-15(27-22(30)32-24(3,4)5)12-19-16(2)20-21(35-19)18(13-26-28-20)29(14-17-10-9-11-34-17)23(31)33-25(6,7)8/h9-11,13,15H,12,14H2,1-8H3,(H,27,30). The first kappa shape index (κ1) is 26.9. The molecule has 1 atom stereocenters. The second-order valence-electron chi connectivity index (χ2n) is 10.5. The molecule has 0 aliphatic carbocycles. The zero-order valence-electron chi connectivity index (χ0n) is 21.6. The first-order valence-corrected chi connectivity index (χ1v) is 13.2. The van der Waals surface area contributed by atoms with E-state index in [0.29, 0.717) is 18.7 Å². The van der Waals surface area contributed by atoms with Crippen LogP contribution in [0.2, 0.25) is 0 Å². The van der Waals surface area contributed by atoms with Crippen LogP contribution in [0, 0.1) is 6.92 Å². The van der Waals surface area contributed by atoms with Gasteiger partial charge in [0.1, 0.15) is 16.7 Å². The van der Waals surface area contributed by atoms with Crippen LogP contribution in [0.4, 0.5) is 15.3 Å². The van der Waals surface area contributed by atoms with E-state index in [1.165, 1.54) is 0 Å². The van der Waals surface area contributed by atoms with Crippen LogP contribution in [0.25, 0.3) is 10.2 Å². The molecule has 1 unspecified atom stereocenters. The fraction of sp³-hybridized carbons (Fsp3) is 0.520. The van der Waals surface area contributed by atoms with Gasteiger partial charge in [0.25, 0.3) is 0 Å². The minimum Gasteiger partial charge on any atom is -0.444 e. The number of nitrogens with zero attached hydrogens (tertiary/aromatic N) is 3. The number of alkyl carbamates (subject to hydrolysis) is 1. The van der Waals surface area contributed by atoms with Crippen LogP contribution in [0.15, 0.2) is 23.7 Å². The molecule has 0 bridgehead atoms. The molecule has 3 rings (SSSR count). The molecule has 0 fully saturated rings. The first-order chi connectivity index (χ1) is 16.2. The van der Waals surface area contributed by atoms with Crippen LogP contribution in [0.5, 0.6) is 0 Å². The molecular weight excluding hydrogens is 484 g/mol. The van der Waals surface area contributed by atoms with Crippen molar-refractivity contribution >= 4 is 50.8 Å². The number of hydrogen-bond donors (Lipinski definition) is 1. The number of nitrogens with one attached hydrogen (secondary N) is 1. The third-order valence-electron chi connectivity index (χ3n) is 4.84. The van der Waals surface area contributed by atoms with Crippen molar-refractivity contribution in [2.24, 2.45) is 0 Å². The largest absolute Gasteiger partial charge is 0.444 e. The minimum absolute atomic E-state index is 0.152. The molecule has 0 saturated heterocycles. The van der Waals surface area contributed by atoms with E-state index in [1.54, 1.807) is 33.8 Å².